The van der Waals surface area contributed by atoms with Gasteiger partial charge in [-0.1, -0.05) is 79.0 Å². The Hall–Kier alpha value is -3.02. The van der Waals surface area contributed by atoms with Gasteiger partial charge in [-0.15, -0.1) is 11.8 Å². The fourth-order valence-corrected chi connectivity index (χ4v) is 6.64. The maximum absolute atomic E-state index is 13.6. The van der Waals surface area contributed by atoms with Gasteiger partial charge in [-0.3, -0.25) is 9.59 Å². The maximum Gasteiger partial charge on any atom is 0.260 e. The zero-order valence-electron chi connectivity index (χ0n) is 20.0. The fourth-order valence-electron chi connectivity index (χ4n) is 4.96. The minimum Gasteiger partial charge on any atom is -0.348 e. The molecule has 2 atom stereocenters. The Kier molecular flexibility index (Phi) is 7.78. The van der Waals surface area contributed by atoms with Crippen LogP contribution in [0.25, 0.3) is 6.08 Å². The number of halogens is 1. The van der Waals surface area contributed by atoms with Crippen molar-refractivity contribution in [1.29, 1.82) is 0 Å². The average molecular weight is 517 g/mol. The summed E-state index contributed by atoms with van der Waals surface area (Å²) < 4.78 is 0. The first-order chi connectivity index (χ1) is 17.6. The first-order valence-electron chi connectivity index (χ1n) is 12.4. The summed E-state index contributed by atoms with van der Waals surface area (Å²) >= 11 is 7.93. The molecule has 1 N–H and O–H groups in total. The lowest BCUT2D eigenvalue weighted by Gasteiger charge is -2.44. The van der Waals surface area contributed by atoms with Gasteiger partial charge in [-0.2, -0.15) is 0 Å². The van der Waals surface area contributed by atoms with E-state index in [0.29, 0.717) is 28.9 Å². The molecule has 0 spiro atoms. The number of carbonyl (C=O) groups excluding carboxylic acids is 2. The molecule has 6 heteroatoms. The molecule has 1 saturated carbocycles. The van der Waals surface area contributed by atoms with Crippen LogP contribution in [0, 0.1) is 0 Å². The quantitative estimate of drug-likeness (QED) is 0.371. The van der Waals surface area contributed by atoms with Crippen molar-refractivity contribution in [2.45, 2.75) is 50.1 Å². The van der Waals surface area contributed by atoms with Crippen molar-refractivity contribution in [1.82, 2.24) is 10.2 Å². The highest BCUT2D eigenvalue weighted by Crippen LogP contribution is 2.42. The van der Waals surface area contributed by atoms with Crippen LogP contribution in [0.4, 0.5) is 0 Å². The average Bonchev–Trinajstić information content (AvgIpc) is 2.91. The van der Waals surface area contributed by atoms with E-state index in [4.69, 9.17) is 11.6 Å². The molecular formula is C30H29ClN2O2S. The Balaban J connectivity index is 1.31. The van der Waals surface area contributed by atoms with Crippen LogP contribution in [-0.2, 0) is 17.9 Å². The lowest BCUT2D eigenvalue weighted by Crippen LogP contribution is -2.50. The SMILES string of the molecule is O=C(NCc1ccccc1)c1ccc(/C=C2/SC3CCCCC3N(Cc3cccc(Cl)c3)C2=O)cc1. The molecule has 36 heavy (non-hydrogen) atoms. The number of rotatable bonds is 6. The third kappa shape index (κ3) is 5.85. The minimum atomic E-state index is -0.112. The van der Waals surface area contributed by atoms with Gasteiger partial charge in [0.2, 0.25) is 0 Å². The molecule has 2 fully saturated rings. The Labute approximate surface area is 221 Å². The second-order valence-corrected chi connectivity index (χ2v) is 11.1. The highest BCUT2D eigenvalue weighted by molar-refractivity contribution is 8.04. The van der Waals surface area contributed by atoms with E-state index in [1.165, 1.54) is 6.42 Å². The highest BCUT2D eigenvalue weighted by Gasteiger charge is 2.40. The number of nitrogens with one attached hydrogen (secondary N) is 1. The second kappa shape index (κ2) is 11.4. The van der Waals surface area contributed by atoms with Gasteiger partial charge in [0.1, 0.15) is 0 Å². The molecule has 5 rings (SSSR count). The number of benzene rings is 3. The number of hydrogen-bond donors (Lipinski definition) is 1. The molecule has 1 heterocycles. The van der Waals surface area contributed by atoms with Crippen molar-refractivity contribution in [3.05, 3.63) is 111 Å². The van der Waals surface area contributed by atoms with Gasteiger partial charge in [0.05, 0.1) is 4.91 Å². The predicted octanol–water partition coefficient (Wildman–Crippen LogP) is 6.70. The predicted molar refractivity (Wildman–Crippen MR) is 148 cm³/mol. The number of carbonyl (C=O) groups is 2. The third-order valence-electron chi connectivity index (χ3n) is 6.83. The summed E-state index contributed by atoms with van der Waals surface area (Å²) in [6.45, 7) is 1.06. The fraction of sp³-hybridized carbons (Fsp3) is 0.267. The monoisotopic (exact) mass is 516 g/mol. The molecular weight excluding hydrogens is 488 g/mol. The van der Waals surface area contributed by atoms with E-state index in [9.17, 15) is 9.59 Å². The van der Waals surface area contributed by atoms with Gasteiger partial charge < -0.3 is 10.2 Å². The van der Waals surface area contributed by atoms with Crippen LogP contribution in [0.5, 0.6) is 0 Å². The minimum absolute atomic E-state index is 0.0767. The molecule has 3 aromatic rings. The van der Waals surface area contributed by atoms with Crippen molar-refractivity contribution in [3.63, 3.8) is 0 Å². The first kappa shape index (κ1) is 24.7. The molecule has 1 aliphatic carbocycles. The van der Waals surface area contributed by atoms with Gasteiger partial charge in [-0.05, 0) is 59.9 Å². The Morgan fingerprint density at radius 1 is 0.972 bits per heavy atom. The van der Waals surface area contributed by atoms with Crippen molar-refractivity contribution >= 4 is 41.3 Å². The zero-order chi connectivity index (χ0) is 24.9. The zero-order valence-corrected chi connectivity index (χ0v) is 21.6. The Morgan fingerprint density at radius 3 is 2.50 bits per heavy atom. The van der Waals surface area contributed by atoms with Gasteiger partial charge >= 0.3 is 0 Å². The van der Waals surface area contributed by atoms with Crippen LogP contribution in [0.1, 0.15) is 52.7 Å². The van der Waals surface area contributed by atoms with Crippen LogP contribution in [0.15, 0.2) is 83.8 Å². The van der Waals surface area contributed by atoms with Gasteiger partial charge in [0.25, 0.3) is 11.8 Å². The van der Waals surface area contributed by atoms with Gasteiger partial charge in [-0.25, -0.2) is 0 Å². The van der Waals surface area contributed by atoms with E-state index in [2.05, 4.69) is 5.32 Å². The Bertz CT molecular complexity index is 1260. The van der Waals surface area contributed by atoms with Crippen molar-refractivity contribution in [2.24, 2.45) is 0 Å². The van der Waals surface area contributed by atoms with Crippen molar-refractivity contribution < 1.29 is 9.59 Å². The highest BCUT2D eigenvalue weighted by atomic mass is 35.5. The largest absolute Gasteiger partial charge is 0.348 e. The van der Waals surface area contributed by atoms with Gasteiger partial charge in [0.15, 0.2) is 0 Å². The molecule has 0 aromatic heterocycles. The molecule has 184 valence electrons. The topological polar surface area (TPSA) is 49.4 Å². The number of nitrogens with zero attached hydrogens (tertiary/aromatic N) is 1. The van der Waals surface area contributed by atoms with E-state index < -0.39 is 0 Å². The molecule has 0 bridgehead atoms. The maximum atomic E-state index is 13.6. The normalized spacial score (nSPS) is 20.8. The molecule has 3 aromatic carbocycles. The van der Waals surface area contributed by atoms with Gasteiger partial charge in [0, 0.05) is 35.0 Å². The lowest BCUT2D eigenvalue weighted by molar-refractivity contribution is -0.130. The van der Waals surface area contributed by atoms with E-state index in [0.717, 1.165) is 40.9 Å². The van der Waals surface area contributed by atoms with Crippen LogP contribution >= 0.6 is 23.4 Å². The van der Waals surface area contributed by atoms with Crippen LogP contribution in [-0.4, -0.2) is 28.0 Å². The molecule has 2 amide bonds. The summed E-state index contributed by atoms with van der Waals surface area (Å²) in [7, 11) is 0. The van der Waals surface area contributed by atoms with E-state index in [1.807, 2.05) is 89.8 Å². The summed E-state index contributed by atoms with van der Waals surface area (Å²) in [5, 5.41) is 4.06. The Morgan fingerprint density at radius 2 is 1.72 bits per heavy atom. The van der Waals surface area contributed by atoms with Crippen molar-refractivity contribution in [2.75, 3.05) is 0 Å². The van der Waals surface area contributed by atoms with Crippen LogP contribution < -0.4 is 5.32 Å². The van der Waals surface area contributed by atoms with E-state index >= 15 is 0 Å². The molecule has 4 nitrogen and oxygen atoms in total. The van der Waals surface area contributed by atoms with E-state index in [1.54, 1.807) is 11.8 Å². The summed E-state index contributed by atoms with van der Waals surface area (Å²) in [4.78, 5) is 29.0. The number of fused-ring (bicyclic) bond motifs is 1. The summed E-state index contributed by atoms with van der Waals surface area (Å²) in [5.41, 5.74) is 3.63. The summed E-state index contributed by atoms with van der Waals surface area (Å²) in [6, 6.07) is 25.3. The number of amides is 2. The smallest absolute Gasteiger partial charge is 0.260 e. The molecule has 1 aliphatic heterocycles. The molecule has 0 radical (unpaired) electrons. The van der Waals surface area contributed by atoms with Crippen LogP contribution in [0.3, 0.4) is 0 Å². The summed E-state index contributed by atoms with van der Waals surface area (Å²) in [6.07, 6.45) is 6.49. The van der Waals surface area contributed by atoms with Crippen LogP contribution in [0.2, 0.25) is 5.02 Å². The van der Waals surface area contributed by atoms with Crippen molar-refractivity contribution in [3.8, 4) is 0 Å². The third-order valence-corrected chi connectivity index (χ3v) is 8.46. The second-order valence-electron chi connectivity index (χ2n) is 9.37. The number of hydrogen-bond acceptors (Lipinski definition) is 3. The summed E-state index contributed by atoms with van der Waals surface area (Å²) in [5.74, 6) is -0.0354. The standard InChI is InChI=1S/C30H29ClN2O2S/c31-25-10-6-9-23(17-25)20-33-26-11-4-5-12-27(26)36-28(30(33)35)18-21-13-15-24(16-14-21)29(34)32-19-22-7-2-1-3-8-22/h1-3,6-10,13-18,26-27H,4-5,11-12,19-20H2,(H,32,34)/b28-18+. The molecule has 2 unspecified atom stereocenters. The molecule has 1 saturated heterocycles. The first-order valence-corrected chi connectivity index (χ1v) is 13.7. The molecule has 2 aliphatic rings. The number of thioether (sulfide) groups is 1. The lowest BCUT2D eigenvalue weighted by atomic mass is 9.92. The van der Waals surface area contributed by atoms with E-state index in [-0.39, 0.29) is 17.9 Å².